The SMILES string of the molecule is CCC(O)C(C)NC(=O)c1c(Br)cccc1[N+](=O)[O-]. The molecule has 2 N–H and O–H groups in total. The number of benzene rings is 1. The van der Waals surface area contributed by atoms with Gasteiger partial charge in [0, 0.05) is 10.5 Å². The summed E-state index contributed by atoms with van der Waals surface area (Å²) in [7, 11) is 0. The molecule has 1 aromatic rings. The number of amides is 1. The van der Waals surface area contributed by atoms with Gasteiger partial charge in [-0.15, -0.1) is 0 Å². The van der Waals surface area contributed by atoms with E-state index in [0.717, 1.165) is 0 Å². The maximum atomic E-state index is 12.1. The average Bonchev–Trinajstić information content (AvgIpc) is 2.36. The second-order valence-electron chi connectivity index (χ2n) is 4.13. The zero-order chi connectivity index (χ0) is 14.6. The van der Waals surface area contributed by atoms with Gasteiger partial charge in [-0.05, 0) is 35.3 Å². The summed E-state index contributed by atoms with van der Waals surface area (Å²) in [5.74, 6) is -0.584. The van der Waals surface area contributed by atoms with E-state index in [1.165, 1.54) is 12.1 Å². The minimum absolute atomic E-state index is 0.0392. The maximum Gasteiger partial charge on any atom is 0.283 e. The highest BCUT2D eigenvalue weighted by atomic mass is 79.9. The Morgan fingerprint density at radius 3 is 2.74 bits per heavy atom. The number of carbonyl (C=O) groups excluding carboxylic acids is 1. The smallest absolute Gasteiger partial charge is 0.283 e. The van der Waals surface area contributed by atoms with E-state index in [1.54, 1.807) is 19.9 Å². The van der Waals surface area contributed by atoms with Gasteiger partial charge >= 0.3 is 0 Å². The summed E-state index contributed by atoms with van der Waals surface area (Å²) in [6.45, 7) is 3.43. The van der Waals surface area contributed by atoms with Crippen molar-refractivity contribution < 1.29 is 14.8 Å². The Morgan fingerprint density at radius 2 is 2.21 bits per heavy atom. The van der Waals surface area contributed by atoms with Crippen LogP contribution in [0.4, 0.5) is 5.69 Å². The number of rotatable bonds is 5. The van der Waals surface area contributed by atoms with Gasteiger partial charge in [0.25, 0.3) is 11.6 Å². The van der Waals surface area contributed by atoms with Gasteiger partial charge in [-0.25, -0.2) is 0 Å². The number of halogens is 1. The van der Waals surface area contributed by atoms with E-state index in [4.69, 9.17) is 0 Å². The first-order valence-electron chi connectivity index (χ1n) is 5.80. The molecule has 7 heteroatoms. The monoisotopic (exact) mass is 330 g/mol. The van der Waals surface area contributed by atoms with Crippen LogP contribution in [0.5, 0.6) is 0 Å². The summed E-state index contributed by atoms with van der Waals surface area (Å²) >= 11 is 3.13. The van der Waals surface area contributed by atoms with Crippen LogP contribution in [-0.4, -0.2) is 28.1 Å². The molecular formula is C12H15BrN2O4. The third-order valence-corrected chi connectivity index (χ3v) is 3.43. The van der Waals surface area contributed by atoms with Crippen LogP contribution in [-0.2, 0) is 0 Å². The van der Waals surface area contributed by atoms with E-state index in [1.807, 2.05) is 0 Å². The highest BCUT2D eigenvalue weighted by molar-refractivity contribution is 9.10. The third kappa shape index (κ3) is 3.74. The fraction of sp³-hybridized carbons (Fsp3) is 0.417. The number of carbonyl (C=O) groups is 1. The molecular weight excluding hydrogens is 316 g/mol. The van der Waals surface area contributed by atoms with Crippen molar-refractivity contribution in [3.8, 4) is 0 Å². The predicted molar refractivity (Wildman–Crippen MR) is 74.0 cm³/mol. The molecule has 0 aromatic heterocycles. The number of nitrogens with one attached hydrogen (secondary N) is 1. The van der Waals surface area contributed by atoms with Gasteiger partial charge in [-0.2, -0.15) is 0 Å². The molecule has 19 heavy (non-hydrogen) atoms. The Hall–Kier alpha value is -1.47. The van der Waals surface area contributed by atoms with E-state index in [9.17, 15) is 20.0 Å². The van der Waals surface area contributed by atoms with E-state index in [2.05, 4.69) is 21.2 Å². The molecule has 1 amide bonds. The van der Waals surface area contributed by atoms with Gasteiger partial charge in [-0.1, -0.05) is 13.0 Å². The molecule has 0 spiro atoms. The van der Waals surface area contributed by atoms with Gasteiger partial charge in [0.1, 0.15) is 5.56 Å². The Bertz CT molecular complexity index is 493. The molecule has 0 bridgehead atoms. The average molecular weight is 331 g/mol. The second-order valence-corrected chi connectivity index (χ2v) is 4.98. The minimum Gasteiger partial charge on any atom is -0.391 e. The van der Waals surface area contributed by atoms with Crippen LogP contribution in [0, 0.1) is 10.1 Å². The summed E-state index contributed by atoms with van der Waals surface area (Å²) < 4.78 is 0.345. The highest BCUT2D eigenvalue weighted by Crippen LogP contribution is 2.26. The van der Waals surface area contributed by atoms with E-state index >= 15 is 0 Å². The van der Waals surface area contributed by atoms with E-state index in [0.29, 0.717) is 10.9 Å². The van der Waals surface area contributed by atoms with Crippen LogP contribution in [0.3, 0.4) is 0 Å². The number of hydrogen-bond acceptors (Lipinski definition) is 4. The van der Waals surface area contributed by atoms with E-state index < -0.39 is 23.0 Å². The quantitative estimate of drug-likeness (QED) is 0.639. The van der Waals surface area contributed by atoms with Gasteiger partial charge < -0.3 is 10.4 Å². The molecule has 0 aliphatic rings. The van der Waals surface area contributed by atoms with Crippen molar-refractivity contribution in [3.63, 3.8) is 0 Å². The Labute approximate surface area is 119 Å². The lowest BCUT2D eigenvalue weighted by atomic mass is 10.1. The van der Waals surface area contributed by atoms with Gasteiger partial charge in [0.15, 0.2) is 0 Å². The van der Waals surface area contributed by atoms with Crippen molar-refractivity contribution in [1.29, 1.82) is 0 Å². The first kappa shape index (κ1) is 15.6. The lowest BCUT2D eigenvalue weighted by molar-refractivity contribution is -0.385. The van der Waals surface area contributed by atoms with Gasteiger partial charge in [-0.3, -0.25) is 14.9 Å². The van der Waals surface area contributed by atoms with Crippen LogP contribution in [0.1, 0.15) is 30.6 Å². The van der Waals surface area contributed by atoms with Crippen molar-refractivity contribution >= 4 is 27.5 Å². The standard InChI is InChI=1S/C12H15BrN2O4/c1-3-10(16)7(2)14-12(17)11-8(13)5-4-6-9(11)15(18)19/h4-7,10,16H,3H2,1-2H3,(H,14,17). The Morgan fingerprint density at radius 1 is 1.58 bits per heavy atom. The lowest BCUT2D eigenvalue weighted by Gasteiger charge is -2.19. The molecule has 0 heterocycles. The molecule has 0 aliphatic heterocycles. The van der Waals surface area contributed by atoms with E-state index in [-0.39, 0.29) is 11.3 Å². The molecule has 6 nitrogen and oxygen atoms in total. The number of hydrogen-bond donors (Lipinski definition) is 2. The number of aliphatic hydroxyl groups excluding tert-OH is 1. The zero-order valence-corrected chi connectivity index (χ0v) is 12.2. The number of nitro benzene ring substituents is 1. The molecule has 1 rings (SSSR count). The van der Waals surface area contributed by atoms with Gasteiger partial charge in [0.05, 0.1) is 17.1 Å². The second kappa shape index (κ2) is 6.63. The first-order chi connectivity index (χ1) is 8.88. The summed E-state index contributed by atoms with van der Waals surface area (Å²) in [6.07, 6.45) is -0.204. The summed E-state index contributed by atoms with van der Waals surface area (Å²) in [5.41, 5.74) is -0.312. The highest BCUT2D eigenvalue weighted by Gasteiger charge is 2.25. The van der Waals surface area contributed by atoms with Crippen molar-refractivity contribution in [1.82, 2.24) is 5.32 Å². The molecule has 104 valence electrons. The lowest BCUT2D eigenvalue weighted by Crippen LogP contribution is -2.41. The fourth-order valence-corrected chi connectivity index (χ4v) is 2.15. The normalized spacial score (nSPS) is 13.7. The summed E-state index contributed by atoms with van der Waals surface area (Å²) in [5, 5.41) is 23.1. The number of aliphatic hydroxyl groups is 1. The van der Waals surface area contributed by atoms with Crippen molar-refractivity contribution in [2.24, 2.45) is 0 Å². The summed E-state index contributed by atoms with van der Waals surface area (Å²) in [4.78, 5) is 22.4. The molecule has 0 aliphatic carbocycles. The van der Waals surface area contributed by atoms with Crippen LogP contribution < -0.4 is 5.32 Å². The number of nitro groups is 1. The topological polar surface area (TPSA) is 92.5 Å². The molecule has 0 saturated carbocycles. The van der Waals surface area contributed by atoms with Crippen LogP contribution in [0.15, 0.2) is 22.7 Å². The van der Waals surface area contributed by atoms with Crippen molar-refractivity contribution in [3.05, 3.63) is 38.3 Å². The molecule has 2 atom stereocenters. The van der Waals surface area contributed by atoms with Crippen molar-refractivity contribution in [2.45, 2.75) is 32.4 Å². The molecule has 0 radical (unpaired) electrons. The van der Waals surface area contributed by atoms with Crippen molar-refractivity contribution in [2.75, 3.05) is 0 Å². The number of nitrogens with zero attached hydrogens (tertiary/aromatic N) is 1. The molecule has 0 saturated heterocycles. The predicted octanol–water partition coefficient (Wildman–Crippen LogP) is 2.25. The van der Waals surface area contributed by atoms with Gasteiger partial charge in [0.2, 0.25) is 0 Å². The summed E-state index contributed by atoms with van der Waals surface area (Å²) in [6, 6.07) is 3.83. The first-order valence-corrected chi connectivity index (χ1v) is 6.59. The van der Waals surface area contributed by atoms with Crippen LogP contribution in [0.2, 0.25) is 0 Å². The third-order valence-electron chi connectivity index (χ3n) is 2.77. The molecule has 0 fully saturated rings. The Kier molecular flexibility index (Phi) is 5.44. The Balaban J connectivity index is 3.03. The molecule has 2 unspecified atom stereocenters. The maximum absolute atomic E-state index is 12.1. The zero-order valence-electron chi connectivity index (χ0n) is 10.6. The van der Waals surface area contributed by atoms with Crippen LogP contribution >= 0.6 is 15.9 Å². The fourth-order valence-electron chi connectivity index (χ4n) is 1.62. The molecule has 1 aromatic carbocycles. The minimum atomic E-state index is -0.689. The largest absolute Gasteiger partial charge is 0.391 e. The van der Waals surface area contributed by atoms with Crippen LogP contribution in [0.25, 0.3) is 0 Å².